The van der Waals surface area contributed by atoms with E-state index in [0.717, 1.165) is 51.4 Å². The van der Waals surface area contributed by atoms with E-state index < -0.39 is 0 Å². The van der Waals surface area contributed by atoms with Gasteiger partial charge in [-0.05, 0) is 18.6 Å². The molecule has 1 N–H and O–H groups in total. The number of aromatic nitrogens is 1. The summed E-state index contributed by atoms with van der Waals surface area (Å²) in [7, 11) is 0. The first-order valence-corrected chi connectivity index (χ1v) is 6.83. The van der Waals surface area contributed by atoms with Crippen LogP contribution in [0.4, 0.5) is 0 Å². The molecule has 18 heavy (non-hydrogen) atoms. The molecule has 1 fully saturated rings. The van der Waals surface area contributed by atoms with Crippen LogP contribution in [-0.4, -0.2) is 48.8 Å². The van der Waals surface area contributed by atoms with Gasteiger partial charge in [0.2, 0.25) is 0 Å². The Kier molecular flexibility index (Phi) is 5.58. The number of hydrogen-bond acceptors (Lipinski definition) is 4. The van der Waals surface area contributed by atoms with Gasteiger partial charge < -0.3 is 10.1 Å². The van der Waals surface area contributed by atoms with Crippen LogP contribution in [-0.2, 0) is 11.3 Å². The minimum absolute atomic E-state index is 0.426. The summed E-state index contributed by atoms with van der Waals surface area (Å²) in [6.45, 7) is 8.14. The predicted molar refractivity (Wildman–Crippen MR) is 72.4 cm³/mol. The Bertz CT molecular complexity index is 331. The average Bonchev–Trinajstić information content (AvgIpc) is 2.45. The van der Waals surface area contributed by atoms with Crippen molar-refractivity contribution in [2.24, 2.45) is 0 Å². The van der Waals surface area contributed by atoms with Gasteiger partial charge in [0.1, 0.15) is 0 Å². The molecule has 4 nitrogen and oxygen atoms in total. The molecule has 0 aromatic carbocycles. The monoisotopic (exact) mass is 249 g/mol. The average molecular weight is 249 g/mol. The summed E-state index contributed by atoms with van der Waals surface area (Å²) >= 11 is 0. The van der Waals surface area contributed by atoms with E-state index in [2.05, 4.69) is 28.2 Å². The SMILES string of the molecule is CCC1CN(CCNCc2ccccn2)CCO1. The lowest BCUT2D eigenvalue weighted by Gasteiger charge is -2.32. The third-order valence-electron chi connectivity index (χ3n) is 3.32. The van der Waals surface area contributed by atoms with E-state index in [-0.39, 0.29) is 0 Å². The number of ether oxygens (including phenoxy) is 1. The van der Waals surface area contributed by atoms with Gasteiger partial charge in [-0.25, -0.2) is 0 Å². The van der Waals surface area contributed by atoms with Crippen molar-refractivity contribution >= 4 is 0 Å². The highest BCUT2D eigenvalue weighted by molar-refractivity contribution is 5.02. The van der Waals surface area contributed by atoms with Gasteiger partial charge >= 0.3 is 0 Å². The van der Waals surface area contributed by atoms with E-state index in [9.17, 15) is 0 Å². The molecule has 0 amide bonds. The van der Waals surface area contributed by atoms with Gasteiger partial charge in [-0.2, -0.15) is 0 Å². The van der Waals surface area contributed by atoms with Crippen LogP contribution in [0.1, 0.15) is 19.0 Å². The number of hydrogen-bond donors (Lipinski definition) is 1. The van der Waals surface area contributed by atoms with Crippen molar-refractivity contribution < 1.29 is 4.74 Å². The molecule has 2 heterocycles. The zero-order valence-electron chi connectivity index (χ0n) is 11.1. The Hall–Kier alpha value is -0.970. The number of nitrogens with zero attached hydrogens (tertiary/aromatic N) is 2. The molecule has 0 saturated carbocycles. The highest BCUT2D eigenvalue weighted by atomic mass is 16.5. The van der Waals surface area contributed by atoms with Crippen LogP contribution >= 0.6 is 0 Å². The van der Waals surface area contributed by atoms with Crippen LogP contribution in [0.2, 0.25) is 0 Å². The Morgan fingerprint density at radius 1 is 1.50 bits per heavy atom. The largest absolute Gasteiger partial charge is 0.376 e. The van der Waals surface area contributed by atoms with Crippen LogP contribution in [0.5, 0.6) is 0 Å². The molecule has 1 aromatic rings. The van der Waals surface area contributed by atoms with Crippen molar-refractivity contribution in [3.05, 3.63) is 30.1 Å². The van der Waals surface area contributed by atoms with E-state index >= 15 is 0 Å². The lowest BCUT2D eigenvalue weighted by atomic mass is 10.2. The summed E-state index contributed by atoms with van der Waals surface area (Å²) in [5.41, 5.74) is 1.10. The van der Waals surface area contributed by atoms with Crippen LogP contribution in [0.25, 0.3) is 0 Å². The second-order valence-corrected chi connectivity index (χ2v) is 4.70. The minimum Gasteiger partial charge on any atom is -0.376 e. The summed E-state index contributed by atoms with van der Waals surface area (Å²) < 4.78 is 5.66. The number of pyridine rings is 1. The van der Waals surface area contributed by atoms with Crippen molar-refractivity contribution in [1.82, 2.24) is 15.2 Å². The smallest absolute Gasteiger partial charge is 0.0700 e. The van der Waals surface area contributed by atoms with Gasteiger partial charge in [0.15, 0.2) is 0 Å². The first-order chi connectivity index (χ1) is 8.88. The third kappa shape index (κ3) is 4.37. The van der Waals surface area contributed by atoms with Crippen molar-refractivity contribution in [3.8, 4) is 0 Å². The molecule has 100 valence electrons. The second-order valence-electron chi connectivity index (χ2n) is 4.70. The highest BCUT2D eigenvalue weighted by Gasteiger charge is 2.17. The first-order valence-electron chi connectivity index (χ1n) is 6.83. The van der Waals surface area contributed by atoms with Gasteiger partial charge in [0.05, 0.1) is 18.4 Å². The van der Waals surface area contributed by atoms with E-state index in [1.807, 2.05) is 18.3 Å². The molecule has 0 aliphatic carbocycles. The molecule has 0 radical (unpaired) electrons. The lowest BCUT2D eigenvalue weighted by molar-refractivity contribution is -0.0291. The quantitative estimate of drug-likeness (QED) is 0.771. The van der Waals surface area contributed by atoms with Gasteiger partial charge in [0.25, 0.3) is 0 Å². The summed E-state index contributed by atoms with van der Waals surface area (Å²) in [5.74, 6) is 0. The normalized spacial score (nSPS) is 21.1. The van der Waals surface area contributed by atoms with Crippen LogP contribution < -0.4 is 5.32 Å². The predicted octanol–water partition coefficient (Wildman–Crippen LogP) is 1.28. The van der Waals surface area contributed by atoms with Crippen LogP contribution in [0, 0.1) is 0 Å². The van der Waals surface area contributed by atoms with E-state index in [0.29, 0.717) is 6.10 Å². The fourth-order valence-electron chi connectivity index (χ4n) is 2.19. The zero-order chi connectivity index (χ0) is 12.6. The summed E-state index contributed by atoms with van der Waals surface area (Å²) in [6.07, 6.45) is 3.37. The van der Waals surface area contributed by atoms with Gasteiger partial charge in [-0.1, -0.05) is 13.0 Å². The molecule has 1 aliphatic heterocycles. The maximum atomic E-state index is 5.66. The molecule has 0 bridgehead atoms. The van der Waals surface area contributed by atoms with E-state index in [4.69, 9.17) is 4.74 Å². The number of rotatable bonds is 6. The molecule has 4 heteroatoms. The lowest BCUT2D eigenvalue weighted by Crippen LogP contribution is -2.44. The van der Waals surface area contributed by atoms with E-state index in [1.165, 1.54) is 0 Å². The van der Waals surface area contributed by atoms with Crippen molar-refractivity contribution in [2.45, 2.75) is 26.0 Å². The Balaban J connectivity index is 1.60. The standard InChI is InChI=1S/C14H23N3O/c1-2-14-12-17(9-10-18-14)8-7-15-11-13-5-3-4-6-16-13/h3-6,14-15H,2,7-12H2,1H3. The number of morpholine rings is 1. The maximum Gasteiger partial charge on any atom is 0.0700 e. The molecule has 1 atom stereocenters. The summed E-state index contributed by atoms with van der Waals surface area (Å²) in [5, 5.41) is 3.44. The minimum atomic E-state index is 0.426. The molecular formula is C14H23N3O. The zero-order valence-corrected chi connectivity index (χ0v) is 11.1. The molecule has 1 saturated heterocycles. The molecule has 1 unspecified atom stereocenters. The molecule has 1 aliphatic rings. The molecule has 2 rings (SSSR count). The molecular weight excluding hydrogens is 226 g/mol. The third-order valence-corrected chi connectivity index (χ3v) is 3.32. The summed E-state index contributed by atoms with van der Waals surface area (Å²) in [4.78, 5) is 6.77. The highest BCUT2D eigenvalue weighted by Crippen LogP contribution is 2.07. The Morgan fingerprint density at radius 2 is 2.44 bits per heavy atom. The fraction of sp³-hybridized carbons (Fsp3) is 0.643. The molecule has 1 aromatic heterocycles. The van der Waals surface area contributed by atoms with Crippen molar-refractivity contribution in [1.29, 1.82) is 0 Å². The van der Waals surface area contributed by atoms with Crippen molar-refractivity contribution in [2.75, 3.05) is 32.8 Å². The van der Waals surface area contributed by atoms with Crippen LogP contribution in [0.3, 0.4) is 0 Å². The second kappa shape index (κ2) is 7.46. The van der Waals surface area contributed by atoms with Gasteiger partial charge in [-0.15, -0.1) is 0 Å². The topological polar surface area (TPSA) is 37.4 Å². The Labute approximate surface area is 109 Å². The van der Waals surface area contributed by atoms with Crippen molar-refractivity contribution in [3.63, 3.8) is 0 Å². The van der Waals surface area contributed by atoms with E-state index in [1.54, 1.807) is 0 Å². The Morgan fingerprint density at radius 3 is 3.22 bits per heavy atom. The van der Waals surface area contributed by atoms with Gasteiger partial charge in [0, 0.05) is 38.9 Å². The summed E-state index contributed by atoms with van der Waals surface area (Å²) in [6, 6.07) is 6.02. The fourth-order valence-corrected chi connectivity index (χ4v) is 2.19. The van der Waals surface area contributed by atoms with Crippen LogP contribution in [0.15, 0.2) is 24.4 Å². The molecule has 0 spiro atoms. The maximum absolute atomic E-state index is 5.66. The van der Waals surface area contributed by atoms with Gasteiger partial charge in [-0.3, -0.25) is 9.88 Å². The first kappa shape index (κ1) is 13.5. The number of nitrogens with one attached hydrogen (secondary N) is 1.